The van der Waals surface area contributed by atoms with Crippen LogP contribution in [0.5, 0.6) is 0 Å². The Morgan fingerprint density at radius 1 is 1.15 bits per heavy atom. The van der Waals surface area contributed by atoms with Crippen molar-refractivity contribution in [1.29, 1.82) is 0 Å². The second-order valence-corrected chi connectivity index (χ2v) is 5.99. The van der Waals surface area contributed by atoms with Crippen molar-refractivity contribution in [1.82, 2.24) is 0 Å². The molecule has 3 rings (SSSR count). The molecule has 7 heteroatoms. The zero-order valence-electron chi connectivity index (χ0n) is 13.7. The van der Waals surface area contributed by atoms with Gasteiger partial charge in [0, 0.05) is 6.07 Å². The van der Waals surface area contributed by atoms with E-state index >= 15 is 0 Å². The summed E-state index contributed by atoms with van der Waals surface area (Å²) in [5.41, 5.74) is 1.26. The number of hydrogen-bond acceptors (Lipinski definition) is 5. The Morgan fingerprint density at radius 3 is 2.69 bits per heavy atom. The number of hydrogen-bond donors (Lipinski definition) is 1. The lowest BCUT2D eigenvalue weighted by Crippen LogP contribution is -2.21. The standard InChI is InChI=1S/C19H14ClNO5/c1-11-6-7-14(13(20)8-11)21-18(23)10-25-19(24)17-9-15(22)12-4-2-3-5-16(12)26-17/h2-9H,10H2,1H3,(H,21,23). The number of anilines is 1. The largest absolute Gasteiger partial charge is 0.450 e. The molecule has 26 heavy (non-hydrogen) atoms. The number of aryl methyl sites for hydroxylation is 1. The van der Waals surface area contributed by atoms with Crippen LogP contribution < -0.4 is 10.7 Å². The summed E-state index contributed by atoms with van der Waals surface area (Å²) in [5, 5.41) is 3.28. The molecule has 0 spiro atoms. The number of carbonyl (C=O) groups excluding carboxylic acids is 2. The van der Waals surface area contributed by atoms with Crippen molar-refractivity contribution >= 4 is 40.1 Å². The minimum Gasteiger partial charge on any atom is -0.450 e. The molecule has 0 fully saturated rings. The van der Waals surface area contributed by atoms with E-state index in [0.717, 1.165) is 11.6 Å². The molecule has 0 radical (unpaired) electrons. The van der Waals surface area contributed by atoms with E-state index in [0.29, 0.717) is 16.1 Å². The number of nitrogens with one attached hydrogen (secondary N) is 1. The fourth-order valence-corrected chi connectivity index (χ4v) is 2.60. The molecule has 1 N–H and O–H groups in total. The van der Waals surface area contributed by atoms with Crippen molar-refractivity contribution in [2.75, 3.05) is 11.9 Å². The minimum atomic E-state index is -0.905. The Kier molecular flexibility index (Phi) is 5.04. The highest BCUT2D eigenvalue weighted by Crippen LogP contribution is 2.22. The molecule has 0 aliphatic rings. The second-order valence-electron chi connectivity index (χ2n) is 5.58. The predicted octanol–water partition coefficient (Wildman–Crippen LogP) is 3.55. The van der Waals surface area contributed by atoms with E-state index < -0.39 is 18.5 Å². The number of rotatable bonds is 4. The molecule has 0 saturated heterocycles. The zero-order chi connectivity index (χ0) is 18.7. The molecule has 3 aromatic rings. The molecule has 1 heterocycles. The first-order chi connectivity index (χ1) is 12.4. The van der Waals surface area contributed by atoms with Crippen molar-refractivity contribution in [2.45, 2.75) is 6.92 Å². The van der Waals surface area contributed by atoms with Gasteiger partial charge in [-0.1, -0.05) is 29.8 Å². The Balaban J connectivity index is 1.67. The van der Waals surface area contributed by atoms with Gasteiger partial charge in [-0.2, -0.15) is 0 Å². The van der Waals surface area contributed by atoms with Crippen LogP contribution in [0.1, 0.15) is 16.1 Å². The summed E-state index contributed by atoms with van der Waals surface area (Å²) in [7, 11) is 0. The van der Waals surface area contributed by atoms with Crippen LogP contribution in [0.3, 0.4) is 0 Å². The van der Waals surface area contributed by atoms with Crippen molar-refractivity contribution in [3.05, 3.63) is 75.1 Å². The molecule has 0 bridgehead atoms. The van der Waals surface area contributed by atoms with E-state index in [2.05, 4.69) is 5.32 Å². The topological polar surface area (TPSA) is 85.6 Å². The molecule has 1 aromatic heterocycles. The van der Waals surface area contributed by atoms with Gasteiger partial charge in [0.05, 0.1) is 16.1 Å². The van der Waals surface area contributed by atoms with Crippen LogP contribution in [-0.2, 0) is 9.53 Å². The first-order valence-corrected chi connectivity index (χ1v) is 8.08. The van der Waals surface area contributed by atoms with E-state index in [4.69, 9.17) is 20.8 Å². The van der Waals surface area contributed by atoms with Crippen LogP contribution in [0.4, 0.5) is 5.69 Å². The number of amides is 1. The Labute approximate surface area is 153 Å². The second kappa shape index (κ2) is 7.41. The predicted molar refractivity (Wildman–Crippen MR) is 97.6 cm³/mol. The molecule has 0 aliphatic carbocycles. The maximum Gasteiger partial charge on any atom is 0.374 e. The van der Waals surface area contributed by atoms with Gasteiger partial charge in [-0.05, 0) is 36.8 Å². The van der Waals surface area contributed by atoms with Gasteiger partial charge in [0.25, 0.3) is 5.91 Å². The lowest BCUT2D eigenvalue weighted by atomic mass is 10.2. The number of ether oxygens (including phenoxy) is 1. The molecule has 0 atom stereocenters. The number of halogens is 1. The summed E-state index contributed by atoms with van der Waals surface area (Å²) in [5.74, 6) is -1.74. The molecular weight excluding hydrogens is 358 g/mol. The maximum absolute atomic E-state index is 12.0. The zero-order valence-corrected chi connectivity index (χ0v) is 14.5. The number of para-hydroxylation sites is 1. The first-order valence-electron chi connectivity index (χ1n) is 7.70. The third-order valence-corrected chi connectivity index (χ3v) is 3.88. The van der Waals surface area contributed by atoms with Gasteiger partial charge in [-0.25, -0.2) is 4.79 Å². The van der Waals surface area contributed by atoms with Crippen molar-refractivity contribution in [3.63, 3.8) is 0 Å². The van der Waals surface area contributed by atoms with Gasteiger partial charge in [-0.3, -0.25) is 9.59 Å². The van der Waals surface area contributed by atoms with Crippen LogP contribution >= 0.6 is 11.6 Å². The minimum absolute atomic E-state index is 0.267. The highest BCUT2D eigenvalue weighted by molar-refractivity contribution is 6.33. The molecule has 0 aliphatic heterocycles. The maximum atomic E-state index is 12.0. The van der Waals surface area contributed by atoms with Crippen molar-refractivity contribution in [2.24, 2.45) is 0 Å². The number of esters is 1. The first kappa shape index (κ1) is 17.7. The quantitative estimate of drug-likeness (QED) is 0.709. The van der Waals surface area contributed by atoms with E-state index in [1.54, 1.807) is 42.5 Å². The van der Waals surface area contributed by atoms with Gasteiger partial charge in [0.15, 0.2) is 12.0 Å². The normalized spacial score (nSPS) is 10.5. The summed E-state index contributed by atoms with van der Waals surface area (Å²) < 4.78 is 10.3. The summed E-state index contributed by atoms with van der Waals surface area (Å²) in [6, 6.07) is 12.7. The van der Waals surface area contributed by atoms with Crippen LogP contribution in [0.2, 0.25) is 5.02 Å². The lowest BCUT2D eigenvalue weighted by Gasteiger charge is -2.08. The third kappa shape index (κ3) is 3.92. The molecule has 2 aromatic carbocycles. The van der Waals surface area contributed by atoms with Crippen LogP contribution in [0, 0.1) is 6.92 Å². The summed E-state index contributed by atoms with van der Waals surface area (Å²) in [6.07, 6.45) is 0. The van der Waals surface area contributed by atoms with Crippen molar-refractivity contribution < 1.29 is 18.7 Å². The highest BCUT2D eigenvalue weighted by Gasteiger charge is 2.16. The van der Waals surface area contributed by atoms with E-state index in [1.807, 2.05) is 6.92 Å². The van der Waals surface area contributed by atoms with Crippen molar-refractivity contribution in [3.8, 4) is 0 Å². The Bertz CT molecular complexity index is 1060. The average Bonchev–Trinajstić information content (AvgIpc) is 2.62. The monoisotopic (exact) mass is 371 g/mol. The molecule has 0 unspecified atom stereocenters. The molecule has 0 saturated carbocycles. The average molecular weight is 372 g/mol. The molecule has 132 valence electrons. The van der Waals surface area contributed by atoms with Gasteiger partial charge in [0.1, 0.15) is 5.58 Å². The number of fused-ring (bicyclic) bond motifs is 1. The summed E-state index contributed by atoms with van der Waals surface area (Å²) in [4.78, 5) is 36.0. The van der Waals surface area contributed by atoms with Gasteiger partial charge < -0.3 is 14.5 Å². The van der Waals surface area contributed by atoms with Crippen LogP contribution in [0.15, 0.2) is 57.7 Å². The van der Waals surface area contributed by atoms with Crippen LogP contribution in [-0.4, -0.2) is 18.5 Å². The van der Waals surface area contributed by atoms with E-state index in [1.165, 1.54) is 0 Å². The van der Waals surface area contributed by atoms with Gasteiger partial charge in [0.2, 0.25) is 5.76 Å². The van der Waals surface area contributed by atoms with E-state index in [-0.39, 0.29) is 16.8 Å². The Morgan fingerprint density at radius 2 is 1.92 bits per heavy atom. The van der Waals surface area contributed by atoms with E-state index in [9.17, 15) is 14.4 Å². The Hall–Kier alpha value is -3.12. The van der Waals surface area contributed by atoms with Gasteiger partial charge in [-0.15, -0.1) is 0 Å². The summed E-state index contributed by atoms with van der Waals surface area (Å²) in [6.45, 7) is 1.33. The van der Waals surface area contributed by atoms with Gasteiger partial charge >= 0.3 is 5.97 Å². The molecule has 1 amide bonds. The number of benzene rings is 2. The smallest absolute Gasteiger partial charge is 0.374 e. The fraction of sp³-hybridized carbons (Fsp3) is 0.105. The van der Waals surface area contributed by atoms with Crippen LogP contribution in [0.25, 0.3) is 11.0 Å². The lowest BCUT2D eigenvalue weighted by molar-refractivity contribution is -0.119. The molecular formula is C19H14ClNO5. The molecule has 6 nitrogen and oxygen atoms in total. The SMILES string of the molecule is Cc1ccc(NC(=O)COC(=O)c2cc(=O)c3ccccc3o2)c(Cl)c1. The number of carbonyl (C=O) groups is 2. The highest BCUT2D eigenvalue weighted by atomic mass is 35.5. The summed E-state index contributed by atoms with van der Waals surface area (Å²) >= 11 is 6.03. The fourth-order valence-electron chi connectivity index (χ4n) is 2.31. The third-order valence-electron chi connectivity index (χ3n) is 3.57.